The van der Waals surface area contributed by atoms with Crippen molar-refractivity contribution in [2.24, 2.45) is 0 Å². The first-order valence-corrected chi connectivity index (χ1v) is 7.31. The minimum Gasteiger partial charge on any atom is -0.444 e. The average molecular weight is 300 g/mol. The molecule has 1 atom stereocenters. The zero-order valence-electron chi connectivity index (χ0n) is 12.9. The maximum absolute atomic E-state index is 12.2. The molecule has 7 nitrogen and oxygen atoms in total. The average Bonchev–Trinajstić information content (AvgIpc) is 2.64. The number of aliphatic hydroxyl groups excluding tert-OH is 1. The van der Waals surface area contributed by atoms with Gasteiger partial charge in [0, 0.05) is 13.1 Å². The van der Waals surface area contributed by atoms with Gasteiger partial charge in [0.1, 0.15) is 11.2 Å². The molecule has 0 aliphatic carbocycles. The Bertz CT molecular complexity index is 420. The fourth-order valence-electron chi connectivity index (χ4n) is 2.78. The van der Waals surface area contributed by atoms with Crippen LogP contribution in [-0.4, -0.2) is 71.1 Å². The highest BCUT2D eigenvalue weighted by atomic mass is 16.6. The molecule has 2 fully saturated rings. The smallest absolute Gasteiger partial charge is 0.410 e. The van der Waals surface area contributed by atoms with Gasteiger partial charge in [-0.3, -0.25) is 0 Å². The largest absolute Gasteiger partial charge is 0.444 e. The van der Waals surface area contributed by atoms with E-state index in [0.29, 0.717) is 19.6 Å². The number of hydrogen-bond donors (Lipinski definition) is 1. The number of piperidine rings is 1. The Morgan fingerprint density at radius 1 is 1.43 bits per heavy atom. The van der Waals surface area contributed by atoms with Gasteiger partial charge in [-0.15, -0.1) is 0 Å². The summed E-state index contributed by atoms with van der Waals surface area (Å²) in [5.74, 6) is 0. The Kier molecular flexibility index (Phi) is 4.32. The van der Waals surface area contributed by atoms with Crippen LogP contribution in [0, 0.1) is 0 Å². The van der Waals surface area contributed by atoms with E-state index < -0.39 is 17.3 Å². The molecule has 2 aliphatic heterocycles. The van der Waals surface area contributed by atoms with Crippen LogP contribution in [0.3, 0.4) is 0 Å². The molecule has 7 heteroatoms. The molecule has 2 saturated heterocycles. The number of ether oxygens (including phenoxy) is 2. The van der Waals surface area contributed by atoms with E-state index in [2.05, 4.69) is 0 Å². The molecule has 0 bridgehead atoms. The standard InChI is InChI=1S/C14H24N2O5/c1-13(2,3)20-11(18)15-6-4-5-14(9-15)10-16(7-8-17)12(19)21-14/h17H,4-10H2,1-3H3. The van der Waals surface area contributed by atoms with E-state index in [-0.39, 0.29) is 19.2 Å². The van der Waals surface area contributed by atoms with Crippen LogP contribution in [-0.2, 0) is 9.47 Å². The van der Waals surface area contributed by atoms with E-state index in [0.717, 1.165) is 12.8 Å². The second-order valence-electron chi connectivity index (χ2n) is 6.70. The van der Waals surface area contributed by atoms with Gasteiger partial charge in [0.05, 0.1) is 19.7 Å². The highest BCUT2D eigenvalue weighted by Gasteiger charge is 2.48. The summed E-state index contributed by atoms with van der Waals surface area (Å²) in [6, 6.07) is 0. The number of aliphatic hydroxyl groups is 1. The first-order valence-electron chi connectivity index (χ1n) is 7.31. The second-order valence-corrected chi connectivity index (χ2v) is 6.70. The summed E-state index contributed by atoms with van der Waals surface area (Å²) < 4.78 is 10.9. The van der Waals surface area contributed by atoms with Crippen molar-refractivity contribution >= 4 is 12.2 Å². The second kappa shape index (κ2) is 5.71. The van der Waals surface area contributed by atoms with Crippen molar-refractivity contribution in [3.63, 3.8) is 0 Å². The molecule has 2 rings (SSSR count). The minimum absolute atomic E-state index is 0.0963. The van der Waals surface area contributed by atoms with Crippen LogP contribution in [0.15, 0.2) is 0 Å². The lowest BCUT2D eigenvalue weighted by Crippen LogP contribution is -2.53. The normalized spacial score (nSPS) is 26.2. The summed E-state index contributed by atoms with van der Waals surface area (Å²) in [6.45, 7) is 6.99. The SMILES string of the molecule is CC(C)(C)OC(=O)N1CCCC2(C1)CN(CCO)C(=O)O2. The van der Waals surface area contributed by atoms with E-state index in [1.54, 1.807) is 4.90 Å². The van der Waals surface area contributed by atoms with Gasteiger partial charge in [-0.1, -0.05) is 0 Å². The molecule has 0 aromatic rings. The molecular weight excluding hydrogens is 276 g/mol. The Balaban J connectivity index is 2.01. The van der Waals surface area contributed by atoms with E-state index >= 15 is 0 Å². The van der Waals surface area contributed by atoms with Crippen molar-refractivity contribution in [2.75, 3.05) is 32.8 Å². The zero-order chi connectivity index (χ0) is 15.7. The van der Waals surface area contributed by atoms with Gasteiger partial charge in [-0.2, -0.15) is 0 Å². The third kappa shape index (κ3) is 3.78. The number of carbonyl (C=O) groups is 2. The van der Waals surface area contributed by atoms with Gasteiger partial charge < -0.3 is 24.4 Å². The van der Waals surface area contributed by atoms with Gasteiger partial charge in [-0.05, 0) is 33.6 Å². The van der Waals surface area contributed by atoms with E-state index in [1.165, 1.54) is 4.90 Å². The fraction of sp³-hybridized carbons (Fsp3) is 0.857. The molecule has 2 heterocycles. The Morgan fingerprint density at radius 3 is 2.76 bits per heavy atom. The highest BCUT2D eigenvalue weighted by molar-refractivity contribution is 5.72. The first-order chi connectivity index (χ1) is 9.75. The van der Waals surface area contributed by atoms with Crippen molar-refractivity contribution in [1.82, 2.24) is 9.80 Å². The molecule has 2 amide bonds. The fourth-order valence-corrected chi connectivity index (χ4v) is 2.78. The first kappa shape index (κ1) is 15.9. The predicted octanol–water partition coefficient (Wildman–Crippen LogP) is 1.20. The summed E-state index contributed by atoms with van der Waals surface area (Å²) >= 11 is 0. The number of rotatable bonds is 2. The molecular formula is C14H24N2O5. The summed E-state index contributed by atoms with van der Waals surface area (Å²) in [5.41, 5.74) is -1.21. The molecule has 0 aromatic heterocycles. The number of β-amino-alcohol motifs (C(OH)–C–C–N with tert-alkyl or cyclic N) is 1. The van der Waals surface area contributed by atoms with Crippen LogP contribution in [0.5, 0.6) is 0 Å². The molecule has 0 radical (unpaired) electrons. The maximum atomic E-state index is 12.2. The van der Waals surface area contributed by atoms with Crippen LogP contribution in [0.1, 0.15) is 33.6 Å². The van der Waals surface area contributed by atoms with Gasteiger partial charge in [0.2, 0.25) is 0 Å². The minimum atomic E-state index is -0.665. The summed E-state index contributed by atoms with van der Waals surface area (Å²) in [7, 11) is 0. The van der Waals surface area contributed by atoms with Crippen LogP contribution in [0.4, 0.5) is 9.59 Å². The van der Waals surface area contributed by atoms with Crippen molar-refractivity contribution < 1.29 is 24.2 Å². The summed E-state index contributed by atoms with van der Waals surface area (Å²) in [4.78, 5) is 27.0. The van der Waals surface area contributed by atoms with Crippen molar-refractivity contribution in [3.8, 4) is 0 Å². The van der Waals surface area contributed by atoms with Crippen LogP contribution >= 0.6 is 0 Å². The molecule has 2 aliphatic rings. The number of nitrogens with zero attached hydrogens (tertiary/aromatic N) is 2. The Hall–Kier alpha value is -1.50. The quantitative estimate of drug-likeness (QED) is 0.829. The topological polar surface area (TPSA) is 79.3 Å². The Morgan fingerprint density at radius 2 is 2.14 bits per heavy atom. The Labute approximate surface area is 124 Å². The molecule has 1 unspecified atom stereocenters. The van der Waals surface area contributed by atoms with Crippen LogP contribution < -0.4 is 0 Å². The van der Waals surface area contributed by atoms with Gasteiger partial charge in [-0.25, -0.2) is 9.59 Å². The molecule has 120 valence electrons. The summed E-state index contributed by atoms with van der Waals surface area (Å²) in [6.07, 6.45) is 0.688. The number of likely N-dealkylation sites (tertiary alicyclic amines) is 1. The number of hydrogen-bond acceptors (Lipinski definition) is 5. The van der Waals surface area contributed by atoms with Crippen LogP contribution in [0.2, 0.25) is 0 Å². The maximum Gasteiger partial charge on any atom is 0.410 e. The van der Waals surface area contributed by atoms with E-state index in [4.69, 9.17) is 14.6 Å². The lowest BCUT2D eigenvalue weighted by Gasteiger charge is -2.38. The van der Waals surface area contributed by atoms with Crippen molar-refractivity contribution in [2.45, 2.75) is 44.8 Å². The molecule has 0 saturated carbocycles. The third-order valence-corrected chi connectivity index (χ3v) is 3.60. The van der Waals surface area contributed by atoms with E-state index in [1.807, 2.05) is 20.8 Å². The van der Waals surface area contributed by atoms with Gasteiger partial charge in [0.25, 0.3) is 0 Å². The van der Waals surface area contributed by atoms with Crippen molar-refractivity contribution in [3.05, 3.63) is 0 Å². The third-order valence-electron chi connectivity index (χ3n) is 3.60. The van der Waals surface area contributed by atoms with E-state index in [9.17, 15) is 9.59 Å². The number of amides is 2. The van der Waals surface area contributed by atoms with Crippen LogP contribution in [0.25, 0.3) is 0 Å². The van der Waals surface area contributed by atoms with Gasteiger partial charge in [0.15, 0.2) is 0 Å². The molecule has 0 aromatic carbocycles. The summed E-state index contributed by atoms with van der Waals surface area (Å²) in [5, 5.41) is 8.97. The van der Waals surface area contributed by atoms with Crippen molar-refractivity contribution in [1.29, 1.82) is 0 Å². The lowest BCUT2D eigenvalue weighted by molar-refractivity contribution is -0.0279. The molecule has 1 N–H and O–H groups in total. The molecule has 1 spiro atoms. The lowest BCUT2D eigenvalue weighted by atomic mass is 9.93. The monoisotopic (exact) mass is 300 g/mol. The highest BCUT2D eigenvalue weighted by Crippen LogP contribution is 2.32. The number of carbonyl (C=O) groups excluding carboxylic acids is 2. The molecule has 21 heavy (non-hydrogen) atoms. The zero-order valence-corrected chi connectivity index (χ0v) is 12.9. The van der Waals surface area contributed by atoms with Gasteiger partial charge >= 0.3 is 12.2 Å². The predicted molar refractivity (Wildman–Crippen MR) is 74.9 cm³/mol.